The number of benzene rings is 1. The van der Waals surface area contributed by atoms with Crippen LogP contribution in [0, 0.1) is 0 Å². The molecule has 0 saturated heterocycles. The maximum atomic E-state index is 9.27. The lowest BCUT2D eigenvalue weighted by molar-refractivity contribution is 0.117. The second-order valence-electron chi connectivity index (χ2n) is 5.33. The van der Waals surface area contributed by atoms with Gasteiger partial charge in [-0.1, -0.05) is 30.9 Å². The van der Waals surface area contributed by atoms with Crippen molar-refractivity contribution in [1.82, 2.24) is 4.90 Å². The minimum Gasteiger partial charge on any atom is -0.398 e. The van der Waals surface area contributed by atoms with E-state index in [1.165, 1.54) is 32.1 Å². The summed E-state index contributed by atoms with van der Waals surface area (Å²) in [6.07, 6.45) is 6.36. The predicted molar refractivity (Wildman–Crippen MR) is 80.2 cm³/mol. The second kappa shape index (κ2) is 7.13. The van der Waals surface area contributed by atoms with Crippen LogP contribution in [0.25, 0.3) is 0 Å². The van der Waals surface area contributed by atoms with Gasteiger partial charge in [-0.05, 0) is 36.6 Å². The monoisotopic (exact) mass is 282 g/mol. The van der Waals surface area contributed by atoms with E-state index in [0.717, 1.165) is 22.8 Å². The van der Waals surface area contributed by atoms with E-state index in [1.807, 2.05) is 18.2 Å². The predicted octanol–water partition coefficient (Wildman–Crippen LogP) is 3.05. The zero-order chi connectivity index (χ0) is 13.7. The highest BCUT2D eigenvalue weighted by Gasteiger charge is 2.21. The van der Waals surface area contributed by atoms with Crippen LogP contribution in [0.2, 0.25) is 5.02 Å². The Morgan fingerprint density at radius 2 is 2.00 bits per heavy atom. The molecule has 2 rings (SSSR count). The van der Waals surface area contributed by atoms with Crippen molar-refractivity contribution in [2.75, 3.05) is 18.9 Å². The largest absolute Gasteiger partial charge is 0.398 e. The summed E-state index contributed by atoms with van der Waals surface area (Å²) >= 11 is 6.04. The molecule has 1 aromatic rings. The van der Waals surface area contributed by atoms with Gasteiger partial charge in [-0.25, -0.2) is 0 Å². The molecule has 0 amide bonds. The average Bonchev–Trinajstić information content (AvgIpc) is 2.43. The number of halogens is 1. The van der Waals surface area contributed by atoms with Gasteiger partial charge in [-0.3, -0.25) is 4.90 Å². The van der Waals surface area contributed by atoms with Crippen molar-refractivity contribution >= 4 is 17.3 Å². The molecule has 19 heavy (non-hydrogen) atoms. The van der Waals surface area contributed by atoms with Crippen LogP contribution < -0.4 is 5.73 Å². The standard InChI is InChI=1S/C15H23ClN2O/c16-13-6-7-15(17)12(10-13)11-18(8-9-19)14-4-2-1-3-5-14/h6-7,10,14,19H,1-5,8-9,11,17H2. The van der Waals surface area contributed by atoms with Crippen LogP contribution in [0.3, 0.4) is 0 Å². The quantitative estimate of drug-likeness (QED) is 0.816. The van der Waals surface area contributed by atoms with Crippen LogP contribution in [0.5, 0.6) is 0 Å². The van der Waals surface area contributed by atoms with Gasteiger partial charge in [0.05, 0.1) is 6.61 Å². The Labute approximate surface area is 120 Å². The van der Waals surface area contributed by atoms with Crippen molar-refractivity contribution < 1.29 is 5.11 Å². The first-order valence-corrected chi connectivity index (χ1v) is 7.47. The fourth-order valence-corrected chi connectivity index (χ4v) is 3.09. The van der Waals surface area contributed by atoms with Crippen molar-refractivity contribution in [1.29, 1.82) is 0 Å². The number of nitrogen functional groups attached to an aromatic ring is 1. The molecule has 3 N–H and O–H groups in total. The highest BCUT2D eigenvalue weighted by atomic mass is 35.5. The Hall–Kier alpha value is -0.770. The molecule has 0 bridgehead atoms. The van der Waals surface area contributed by atoms with Gasteiger partial charge in [0.25, 0.3) is 0 Å². The van der Waals surface area contributed by atoms with Gasteiger partial charge < -0.3 is 10.8 Å². The first kappa shape index (κ1) is 14.6. The molecule has 0 aliphatic heterocycles. The third kappa shape index (κ3) is 4.10. The normalized spacial score (nSPS) is 17.0. The smallest absolute Gasteiger partial charge is 0.0558 e. The van der Waals surface area contributed by atoms with E-state index in [4.69, 9.17) is 17.3 Å². The number of aliphatic hydroxyl groups excluding tert-OH is 1. The maximum absolute atomic E-state index is 9.27. The number of nitrogens with two attached hydrogens (primary N) is 1. The van der Waals surface area contributed by atoms with Crippen LogP contribution >= 0.6 is 11.6 Å². The lowest BCUT2D eigenvalue weighted by Gasteiger charge is -2.34. The molecule has 1 saturated carbocycles. The molecule has 106 valence electrons. The summed E-state index contributed by atoms with van der Waals surface area (Å²) in [7, 11) is 0. The van der Waals surface area contributed by atoms with Gasteiger partial charge in [-0.2, -0.15) is 0 Å². The van der Waals surface area contributed by atoms with Crippen molar-refractivity contribution in [3.8, 4) is 0 Å². The maximum Gasteiger partial charge on any atom is 0.0558 e. The molecule has 0 unspecified atom stereocenters. The third-order valence-corrected chi connectivity index (χ3v) is 4.19. The van der Waals surface area contributed by atoms with Crippen molar-refractivity contribution in [2.45, 2.75) is 44.7 Å². The molecule has 4 heteroatoms. The summed E-state index contributed by atoms with van der Waals surface area (Å²) in [5.41, 5.74) is 7.86. The van der Waals surface area contributed by atoms with Crippen LogP contribution in [-0.4, -0.2) is 29.2 Å². The lowest BCUT2D eigenvalue weighted by atomic mass is 9.93. The molecule has 1 fully saturated rings. The topological polar surface area (TPSA) is 49.5 Å². The number of nitrogens with zero attached hydrogens (tertiary/aromatic N) is 1. The Morgan fingerprint density at radius 3 is 2.68 bits per heavy atom. The van der Waals surface area contributed by atoms with Crippen LogP contribution in [0.15, 0.2) is 18.2 Å². The molecular formula is C15H23ClN2O. The second-order valence-corrected chi connectivity index (χ2v) is 5.77. The molecular weight excluding hydrogens is 260 g/mol. The van der Waals surface area contributed by atoms with Gasteiger partial charge in [0.2, 0.25) is 0 Å². The highest BCUT2D eigenvalue weighted by Crippen LogP contribution is 2.26. The van der Waals surface area contributed by atoms with E-state index >= 15 is 0 Å². The van der Waals surface area contributed by atoms with Gasteiger partial charge in [-0.15, -0.1) is 0 Å². The van der Waals surface area contributed by atoms with E-state index in [0.29, 0.717) is 12.6 Å². The summed E-state index contributed by atoms with van der Waals surface area (Å²) in [5.74, 6) is 0. The molecule has 0 spiro atoms. The average molecular weight is 283 g/mol. The van der Waals surface area contributed by atoms with Gasteiger partial charge in [0.15, 0.2) is 0 Å². The molecule has 0 aromatic heterocycles. The summed E-state index contributed by atoms with van der Waals surface area (Å²) in [6.45, 7) is 1.67. The van der Waals surface area contributed by atoms with Crippen molar-refractivity contribution in [2.24, 2.45) is 0 Å². The van der Waals surface area contributed by atoms with Crippen molar-refractivity contribution in [3.63, 3.8) is 0 Å². The Kier molecular flexibility index (Phi) is 5.49. The fraction of sp³-hybridized carbons (Fsp3) is 0.600. The fourth-order valence-electron chi connectivity index (χ4n) is 2.90. The van der Waals surface area contributed by atoms with E-state index in [1.54, 1.807) is 0 Å². The van der Waals surface area contributed by atoms with E-state index in [-0.39, 0.29) is 6.61 Å². The molecule has 1 aromatic carbocycles. The summed E-state index contributed by atoms with van der Waals surface area (Å²) in [6, 6.07) is 6.18. The molecule has 0 radical (unpaired) electrons. The number of hydrogen-bond donors (Lipinski definition) is 2. The molecule has 1 aliphatic carbocycles. The number of rotatable bonds is 5. The zero-order valence-electron chi connectivity index (χ0n) is 11.3. The SMILES string of the molecule is Nc1ccc(Cl)cc1CN(CCO)C1CCCCC1. The Balaban J connectivity index is 2.08. The first-order chi connectivity index (χ1) is 9.20. The summed E-state index contributed by atoms with van der Waals surface area (Å²) in [5, 5.41) is 9.99. The Morgan fingerprint density at radius 1 is 1.26 bits per heavy atom. The van der Waals surface area contributed by atoms with Crippen molar-refractivity contribution in [3.05, 3.63) is 28.8 Å². The number of anilines is 1. The van der Waals surface area contributed by atoms with E-state index < -0.39 is 0 Å². The number of aliphatic hydroxyl groups is 1. The van der Waals surface area contributed by atoms with Crippen LogP contribution in [0.1, 0.15) is 37.7 Å². The van der Waals surface area contributed by atoms with Gasteiger partial charge >= 0.3 is 0 Å². The number of hydrogen-bond acceptors (Lipinski definition) is 3. The zero-order valence-corrected chi connectivity index (χ0v) is 12.1. The lowest BCUT2D eigenvalue weighted by Crippen LogP contribution is -2.38. The molecule has 0 heterocycles. The summed E-state index contributed by atoms with van der Waals surface area (Å²) in [4.78, 5) is 2.35. The molecule has 1 aliphatic rings. The molecule has 0 atom stereocenters. The van der Waals surface area contributed by atoms with Crippen LogP contribution in [-0.2, 0) is 6.54 Å². The summed E-state index contributed by atoms with van der Waals surface area (Å²) < 4.78 is 0. The molecule has 3 nitrogen and oxygen atoms in total. The van der Waals surface area contributed by atoms with Gasteiger partial charge in [0, 0.05) is 29.8 Å². The minimum atomic E-state index is 0.191. The highest BCUT2D eigenvalue weighted by molar-refractivity contribution is 6.30. The van der Waals surface area contributed by atoms with E-state index in [9.17, 15) is 5.11 Å². The minimum absolute atomic E-state index is 0.191. The van der Waals surface area contributed by atoms with Gasteiger partial charge in [0.1, 0.15) is 0 Å². The Bertz CT molecular complexity index is 405. The van der Waals surface area contributed by atoms with E-state index in [2.05, 4.69) is 4.90 Å². The van der Waals surface area contributed by atoms with Crippen LogP contribution in [0.4, 0.5) is 5.69 Å². The third-order valence-electron chi connectivity index (χ3n) is 3.96. The first-order valence-electron chi connectivity index (χ1n) is 7.09.